The molecule has 7 rings (SSSR count). The van der Waals surface area contributed by atoms with Crippen molar-refractivity contribution in [2.45, 2.75) is 84.4 Å². The standard InChI is InChI=1S/C38H42N6O3S/c1-38(2,3)47-36(46)34-28(27-22-39-44(23-27)21-18-25-10-5-4-6-11-25)16-17-33(41-34)43-20-19-26-12-9-13-29(30(26)24-43)35(45)42-37-40-31-14-7-8-15-32(31)48-37/h7-9,12-17,22-23,25H,4-6,10-11,18-21,24H2,1-3H3,(H,40,42,45). The first-order valence-electron chi connectivity index (χ1n) is 17.0. The smallest absolute Gasteiger partial charge is 0.358 e. The molecule has 1 amide bonds. The molecule has 10 heteroatoms. The van der Waals surface area contributed by atoms with E-state index in [2.05, 4.69) is 26.4 Å². The number of nitrogens with one attached hydrogen (secondary N) is 1. The first-order chi connectivity index (χ1) is 23.2. The summed E-state index contributed by atoms with van der Waals surface area (Å²) in [6.07, 6.45) is 12.3. The molecule has 1 saturated carbocycles. The van der Waals surface area contributed by atoms with Crippen LogP contribution >= 0.6 is 11.3 Å². The second-order valence-electron chi connectivity index (χ2n) is 13.9. The van der Waals surface area contributed by atoms with Gasteiger partial charge in [-0.05, 0) is 81.0 Å². The summed E-state index contributed by atoms with van der Waals surface area (Å²) in [6.45, 7) is 7.63. The van der Waals surface area contributed by atoms with Crippen LogP contribution in [0.25, 0.3) is 21.3 Å². The number of rotatable bonds is 8. The molecule has 0 saturated heterocycles. The molecule has 2 aliphatic rings. The fourth-order valence-corrected chi connectivity index (χ4v) is 7.70. The molecule has 0 bridgehead atoms. The maximum Gasteiger partial charge on any atom is 0.358 e. The molecule has 0 unspecified atom stereocenters. The molecule has 0 spiro atoms. The average molecular weight is 663 g/mol. The van der Waals surface area contributed by atoms with Crippen molar-refractivity contribution in [3.8, 4) is 11.1 Å². The highest BCUT2D eigenvalue weighted by molar-refractivity contribution is 7.22. The number of pyridine rings is 1. The number of aryl methyl sites for hydroxylation is 1. The molecule has 5 aromatic rings. The Morgan fingerprint density at radius 2 is 1.83 bits per heavy atom. The minimum absolute atomic E-state index is 0.189. The molecule has 48 heavy (non-hydrogen) atoms. The third-order valence-electron chi connectivity index (χ3n) is 9.26. The molecular formula is C38H42N6O3S. The van der Waals surface area contributed by atoms with Crippen LogP contribution < -0.4 is 10.2 Å². The van der Waals surface area contributed by atoms with Crippen LogP contribution in [0.15, 0.2) is 67.0 Å². The molecule has 2 aromatic carbocycles. The van der Waals surface area contributed by atoms with E-state index >= 15 is 0 Å². The van der Waals surface area contributed by atoms with Gasteiger partial charge in [0.2, 0.25) is 0 Å². The van der Waals surface area contributed by atoms with Crippen molar-refractivity contribution in [2.75, 3.05) is 16.8 Å². The molecule has 3 aromatic heterocycles. The van der Waals surface area contributed by atoms with Crippen molar-refractivity contribution in [1.29, 1.82) is 0 Å². The van der Waals surface area contributed by atoms with Crippen LogP contribution in [0.3, 0.4) is 0 Å². The van der Waals surface area contributed by atoms with E-state index in [9.17, 15) is 9.59 Å². The number of para-hydroxylation sites is 1. The number of hydrogen-bond acceptors (Lipinski definition) is 8. The van der Waals surface area contributed by atoms with Gasteiger partial charge >= 0.3 is 5.97 Å². The van der Waals surface area contributed by atoms with Crippen molar-refractivity contribution in [1.82, 2.24) is 19.7 Å². The Balaban J connectivity index is 1.14. The van der Waals surface area contributed by atoms with E-state index in [0.717, 1.165) is 52.2 Å². The summed E-state index contributed by atoms with van der Waals surface area (Å²) in [5.74, 6) is 0.767. The molecule has 9 nitrogen and oxygen atoms in total. The van der Waals surface area contributed by atoms with E-state index in [-0.39, 0.29) is 11.6 Å². The number of carbonyl (C=O) groups is 2. The van der Waals surface area contributed by atoms with E-state index in [0.29, 0.717) is 35.2 Å². The van der Waals surface area contributed by atoms with Gasteiger partial charge in [-0.1, -0.05) is 67.7 Å². The van der Waals surface area contributed by atoms with Gasteiger partial charge in [0.15, 0.2) is 10.8 Å². The van der Waals surface area contributed by atoms with Gasteiger partial charge in [0, 0.05) is 42.5 Å². The molecule has 1 fully saturated rings. The summed E-state index contributed by atoms with van der Waals surface area (Å²) in [5.41, 5.74) is 4.69. The summed E-state index contributed by atoms with van der Waals surface area (Å²) in [6, 6.07) is 17.6. The lowest BCUT2D eigenvalue weighted by Gasteiger charge is -2.31. The number of fused-ring (bicyclic) bond motifs is 2. The van der Waals surface area contributed by atoms with E-state index < -0.39 is 11.6 Å². The summed E-state index contributed by atoms with van der Waals surface area (Å²) < 4.78 is 8.85. The number of benzene rings is 2. The molecule has 1 aliphatic heterocycles. The third-order valence-corrected chi connectivity index (χ3v) is 10.2. The van der Waals surface area contributed by atoms with Crippen molar-refractivity contribution < 1.29 is 14.3 Å². The van der Waals surface area contributed by atoms with Crippen LogP contribution in [0.5, 0.6) is 0 Å². The maximum atomic E-state index is 13.6. The van der Waals surface area contributed by atoms with Gasteiger partial charge in [-0.3, -0.25) is 14.8 Å². The zero-order chi connectivity index (χ0) is 33.3. The first-order valence-corrected chi connectivity index (χ1v) is 17.8. The van der Waals surface area contributed by atoms with E-state index in [1.54, 1.807) is 0 Å². The highest BCUT2D eigenvalue weighted by Crippen LogP contribution is 2.32. The fourth-order valence-electron chi connectivity index (χ4n) is 6.83. The minimum atomic E-state index is -0.675. The van der Waals surface area contributed by atoms with Gasteiger partial charge in [-0.15, -0.1) is 0 Å². The lowest BCUT2D eigenvalue weighted by molar-refractivity contribution is 0.00638. The highest BCUT2D eigenvalue weighted by atomic mass is 32.1. The van der Waals surface area contributed by atoms with E-state index in [1.807, 2.05) is 86.4 Å². The van der Waals surface area contributed by atoms with Gasteiger partial charge in [-0.25, -0.2) is 14.8 Å². The Hall–Kier alpha value is -4.57. The monoisotopic (exact) mass is 662 g/mol. The SMILES string of the molecule is CC(C)(C)OC(=O)c1nc(N2CCc3cccc(C(=O)Nc4nc5ccccc5s4)c3C2)ccc1-c1cnn(CCC2CCCCC2)c1. The summed E-state index contributed by atoms with van der Waals surface area (Å²) in [4.78, 5) is 38.8. The number of amides is 1. The van der Waals surface area contributed by atoms with Crippen molar-refractivity contribution >= 4 is 44.4 Å². The minimum Gasteiger partial charge on any atom is -0.455 e. The van der Waals surface area contributed by atoms with Crippen molar-refractivity contribution in [2.24, 2.45) is 5.92 Å². The van der Waals surface area contributed by atoms with E-state index in [1.165, 1.54) is 43.4 Å². The molecule has 4 heterocycles. The fraction of sp³-hybridized carbons (Fsp3) is 0.395. The predicted octanol–water partition coefficient (Wildman–Crippen LogP) is 8.30. The van der Waals surface area contributed by atoms with Gasteiger partial charge < -0.3 is 9.64 Å². The zero-order valence-corrected chi connectivity index (χ0v) is 28.7. The number of hydrogen-bond donors (Lipinski definition) is 1. The predicted molar refractivity (Wildman–Crippen MR) is 191 cm³/mol. The Morgan fingerprint density at radius 3 is 2.65 bits per heavy atom. The molecular weight excluding hydrogens is 621 g/mol. The lowest BCUT2D eigenvalue weighted by atomic mass is 9.87. The Bertz CT molecular complexity index is 1920. The quantitative estimate of drug-likeness (QED) is 0.167. The third kappa shape index (κ3) is 7.13. The molecule has 1 aliphatic carbocycles. The summed E-state index contributed by atoms with van der Waals surface area (Å²) >= 11 is 1.46. The zero-order valence-electron chi connectivity index (χ0n) is 27.9. The number of esters is 1. The Labute approximate surface area is 285 Å². The molecule has 0 atom stereocenters. The topological polar surface area (TPSA) is 102 Å². The number of anilines is 2. The molecule has 1 N–H and O–H groups in total. The highest BCUT2D eigenvalue weighted by Gasteiger charge is 2.27. The average Bonchev–Trinajstić information content (AvgIpc) is 3.73. The van der Waals surface area contributed by atoms with Gasteiger partial charge in [0.1, 0.15) is 11.4 Å². The van der Waals surface area contributed by atoms with Crippen LogP contribution in [0.4, 0.5) is 10.9 Å². The number of aromatic nitrogens is 4. The maximum absolute atomic E-state index is 13.6. The Morgan fingerprint density at radius 1 is 1.00 bits per heavy atom. The van der Waals surface area contributed by atoms with Crippen LogP contribution in [-0.2, 0) is 24.2 Å². The van der Waals surface area contributed by atoms with Crippen LogP contribution in [0, 0.1) is 5.92 Å². The second kappa shape index (κ2) is 13.5. The Kier molecular flexibility index (Phi) is 9.00. The van der Waals surface area contributed by atoms with E-state index in [4.69, 9.17) is 9.72 Å². The normalized spacial score (nSPS) is 15.4. The first kappa shape index (κ1) is 32.0. The lowest BCUT2D eigenvalue weighted by Crippen LogP contribution is -2.33. The van der Waals surface area contributed by atoms with Gasteiger partial charge in [0.05, 0.1) is 16.4 Å². The summed E-state index contributed by atoms with van der Waals surface area (Å²) in [7, 11) is 0. The summed E-state index contributed by atoms with van der Waals surface area (Å²) in [5, 5.41) is 8.23. The van der Waals surface area contributed by atoms with Crippen molar-refractivity contribution in [3.05, 3.63) is 89.4 Å². The molecule has 248 valence electrons. The van der Waals surface area contributed by atoms with Crippen molar-refractivity contribution in [3.63, 3.8) is 0 Å². The largest absolute Gasteiger partial charge is 0.455 e. The van der Waals surface area contributed by atoms with Gasteiger partial charge in [0.25, 0.3) is 5.91 Å². The number of ether oxygens (including phenoxy) is 1. The van der Waals surface area contributed by atoms with Crippen LogP contribution in [0.2, 0.25) is 0 Å². The number of carbonyl (C=O) groups excluding carboxylic acids is 2. The van der Waals surface area contributed by atoms with Gasteiger partial charge in [-0.2, -0.15) is 5.10 Å². The molecule has 0 radical (unpaired) electrons. The van der Waals surface area contributed by atoms with Crippen LogP contribution in [0.1, 0.15) is 91.3 Å². The number of nitrogens with zero attached hydrogens (tertiary/aromatic N) is 5. The second-order valence-corrected chi connectivity index (χ2v) is 14.9. The van der Waals surface area contributed by atoms with Crippen LogP contribution in [-0.4, -0.2) is 43.8 Å². The number of thiazole rings is 1.